The first-order chi connectivity index (χ1) is 5.77. The largest absolute Gasteiger partial charge is 0.323 e. The fourth-order valence-electron chi connectivity index (χ4n) is 1.58. The monoisotopic (exact) mass is 179 g/mol. The molecule has 2 N–H and O–H groups in total. The molecule has 0 saturated carbocycles. The van der Waals surface area contributed by atoms with Gasteiger partial charge in [0.1, 0.15) is 0 Å². The van der Waals surface area contributed by atoms with Crippen LogP contribution in [0.25, 0.3) is 0 Å². The molecule has 1 nitrogen and oxygen atoms in total. The molecule has 0 spiro atoms. The van der Waals surface area contributed by atoms with Crippen LogP contribution in [-0.2, 0) is 5.75 Å². The molecular formula is C10H13NS. The molecule has 1 aliphatic heterocycles. The van der Waals surface area contributed by atoms with E-state index in [-0.39, 0.29) is 6.04 Å². The molecule has 12 heavy (non-hydrogen) atoms. The van der Waals surface area contributed by atoms with Crippen LogP contribution in [0.1, 0.15) is 22.7 Å². The van der Waals surface area contributed by atoms with Crippen molar-refractivity contribution in [2.45, 2.75) is 18.7 Å². The molecule has 0 bridgehead atoms. The smallest absolute Gasteiger partial charge is 0.0390 e. The van der Waals surface area contributed by atoms with Gasteiger partial charge in [0.05, 0.1) is 0 Å². The van der Waals surface area contributed by atoms with E-state index in [1.54, 1.807) is 0 Å². The quantitative estimate of drug-likeness (QED) is 0.661. The maximum Gasteiger partial charge on any atom is 0.0390 e. The minimum atomic E-state index is 0.249. The van der Waals surface area contributed by atoms with Gasteiger partial charge in [0.15, 0.2) is 0 Å². The molecule has 1 aromatic rings. The minimum Gasteiger partial charge on any atom is -0.323 e. The van der Waals surface area contributed by atoms with Crippen LogP contribution in [0.3, 0.4) is 0 Å². The number of fused-ring (bicyclic) bond motifs is 1. The van der Waals surface area contributed by atoms with E-state index in [0.717, 1.165) is 11.5 Å². The third-order valence-electron chi connectivity index (χ3n) is 2.26. The van der Waals surface area contributed by atoms with E-state index in [9.17, 15) is 0 Å². The number of rotatable bonds is 0. The number of hydrogen-bond donors (Lipinski definition) is 1. The Morgan fingerprint density at radius 1 is 1.50 bits per heavy atom. The first-order valence-electron chi connectivity index (χ1n) is 4.20. The van der Waals surface area contributed by atoms with Gasteiger partial charge >= 0.3 is 0 Å². The average molecular weight is 179 g/mol. The van der Waals surface area contributed by atoms with Crippen LogP contribution in [0.4, 0.5) is 0 Å². The maximum absolute atomic E-state index is 5.99. The Morgan fingerprint density at radius 2 is 2.33 bits per heavy atom. The fraction of sp³-hybridized carbons (Fsp3) is 0.400. The lowest BCUT2D eigenvalue weighted by Crippen LogP contribution is -2.18. The zero-order valence-electron chi connectivity index (χ0n) is 7.21. The highest BCUT2D eigenvalue weighted by molar-refractivity contribution is 7.98. The van der Waals surface area contributed by atoms with Crippen LogP contribution < -0.4 is 5.73 Å². The van der Waals surface area contributed by atoms with Crippen molar-refractivity contribution in [2.75, 3.05) is 5.75 Å². The maximum atomic E-state index is 5.99. The van der Waals surface area contributed by atoms with Gasteiger partial charge in [-0.1, -0.05) is 23.8 Å². The zero-order chi connectivity index (χ0) is 8.55. The Balaban J connectivity index is 2.47. The van der Waals surface area contributed by atoms with Crippen molar-refractivity contribution in [3.63, 3.8) is 0 Å². The highest BCUT2D eigenvalue weighted by Gasteiger charge is 2.16. The molecule has 1 aliphatic rings. The van der Waals surface area contributed by atoms with Gasteiger partial charge in [-0.3, -0.25) is 0 Å². The van der Waals surface area contributed by atoms with E-state index in [1.807, 2.05) is 11.8 Å². The Kier molecular flexibility index (Phi) is 2.11. The van der Waals surface area contributed by atoms with E-state index < -0.39 is 0 Å². The third kappa shape index (κ3) is 1.37. The van der Waals surface area contributed by atoms with Gasteiger partial charge in [0.25, 0.3) is 0 Å². The Hall–Kier alpha value is -0.470. The van der Waals surface area contributed by atoms with Gasteiger partial charge in [0, 0.05) is 17.5 Å². The van der Waals surface area contributed by atoms with Crippen molar-refractivity contribution in [2.24, 2.45) is 5.73 Å². The Morgan fingerprint density at radius 3 is 3.17 bits per heavy atom. The second-order valence-corrected chi connectivity index (χ2v) is 4.35. The lowest BCUT2D eigenvalue weighted by atomic mass is 10.0. The zero-order valence-corrected chi connectivity index (χ0v) is 8.03. The molecule has 2 rings (SSSR count). The highest BCUT2D eigenvalue weighted by atomic mass is 32.2. The van der Waals surface area contributed by atoms with E-state index in [2.05, 4.69) is 25.1 Å². The number of hydrogen-bond acceptors (Lipinski definition) is 2. The first kappa shape index (κ1) is 8.14. The summed E-state index contributed by atoms with van der Waals surface area (Å²) in [6, 6.07) is 6.84. The molecule has 0 fully saturated rings. The summed E-state index contributed by atoms with van der Waals surface area (Å²) in [5.74, 6) is 2.19. The predicted molar refractivity (Wildman–Crippen MR) is 54.3 cm³/mol. The molecule has 2 heteroatoms. The van der Waals surface area contributed by atoms with Crippen molar-refractivity contribution in [1.82, 2.24) is 0 Å². The van der Waals surface area contributed by atoms with Crippen LogP contribution >= 0.6 is 11.8 Å². The van der Waals surface area contributed by atoms with Crippen LogP contribution in [0.15, 0.2) is 18.2 Å². The molecule has 0 unspecified atom stereocenters. The second-order valence-electron chi connectivity index (χ2n) is 3.32. The van der Waals surface area contributed by atoms with E-state index >= 15 is 0 Å². The topological polar surface area (TPSA) is 26.0 Å². The van der Waals surface area contributed by atoms with Crippen molar-refractivity contribution in [1.29, 1.82) is 0 Å². The van der Waals surface area contributed by atoms with Crippen molar-refractivity contribution in [3.8, 4) is 0 Å². The van der Waals surface area contributed by atoms with Gasteiger partial charge in [-0.05, 0) is 18.1 Å². The average Bonchev–Trinajstić information content (AvgIpc) is 2.07. The highest BCUT2D eigenvalue weighted by Crippen LogP contribution is 2.30. The normalized spacial score (nSPS) is 22.0. The summed E-state index contributed by atoms with van der Waals surface area (Å²) in [6.45, 7) is 2.12. The summed E-state index contributed by atoms with van der Waals surface area (Å²) in [6.07, 6.45) is 0. The SMILES string of the molecule is Cc1ccc2c(c1)[C@H](N)CSC2. The van der Waals surface area contributed by atoms with Crippen molar-refractivity contribution in [3.05, 3.63) is 34.9 Å². The molecule has 1 heterocycles. The second kappa shape index (κ2) is 3.11. The van der Waals surface area contributed by atoms with Crippen LogP contribution in [0.2, 0.25) is 0 Å². The van der Waals surface area contributed by atoms with Gasteiger partial charge < -0.3 is 5.73 Å². The van der Waals surface area contributed by atoms with Crippen LogP contribution in [-0.4, -0.2) is 5.75 Å². The first-order valence-corrected chi connectivity index (χ1v) is 5.35. The van der Waals surface area contributed by atoms with Gasteiger partial charge in [-0.2, -0.15) is 11.8 Å². The van der Waals surface area contributed by atoms with Crippen LogP contribution in [0.5, 0.6) is 0 Å². The molecule has 1 aromatic carbocycles. The number of benzene rings is 1. The lowest BCUT2D eigenvalue weighted by molar-refractivity contribution is 0.808. The van der Waals surface area contributed by atoms with E-state index in [4.69, 9.17) is 5.73 Å². The molecule has 0 aliphatic carbocycles. The molecule has 1 atom stereocenters. The van der Waals surface area contributed by atoms with Crippen LogP contribution in [0, 0.1) is 6.92 Å². The summed E-state index contributed by atoms with van der Waals surface area (Å²) in [5.41, 5.74) is 10.1. The summed E-state index contributed by atoms with van der Waals surface area (Å²) in [5, 5.41) is 0. The fourth-order valence-corrected chi connectivity index (χ4v) is 2.61. The Labute approximate surface area is 77.3 Å². The summed E-state index contributed by atoms with van der Waals surface area (Å²) >= 11 is 1.93. The minimum absolute atomic E-state index is 0.249. The van der Waals surface area contributed by atoms with E-state index in [1.165, 1.54) is 16.7 Å². The molecule has 0 radical (unpaired) electrons. The number of nitrogens with two attached hydrogens (primary N) is 1. The number of aryl methyl sites for hydroxylation is 1. The predicted octanol–water partition coefficient (Wildman–Crippen LogP) is 2.24. The van der Waals surface area contributed by atoms with Crippen molar-refractivity contribution < 1.29 is 0 Å². The molecule has 64 valence electrons. The van der Waals surface area contributed by atoms with Gasteiger partial charge in [-0.25, -0.2) is 0 Å². The third-order valence-corrected chi connectivity index (χ3v) is 3.37. The lowest BCUT2D eigenvalue weighted by Gasteiger charge is -2.21. The number of thioether (sulfide) groups is 1. The van der Waals surface area contributed by atoms with Gasteiger partial charge in [0.2, 0.25) is 0 Å². The Bertz CT molecular complexity index is 296. The molecule has 0 saturated heterocycles. The summed E-state index contributed by atoms with van der Waals surface area (Å²) < 4.78 is 0. The molecule has 0 amide bonds. The standard InChI is InChI=1S/C10H13NS/c1-7-2-3-8-5-12-6-10(11)9(8)4-7/h2-4,10H,5-6,11H2,1H3/t10-/m1/s1. The molecular weight excluding hydrogens is 166 g/mol. The van der Waals surface area contributed by atoms with Gasteiger partial charge in [-0.15, -0.1) is 0 Å². The summed E-state index contributed by atoms with van der Waals surface area (Å²) in [7, 11) is 0. The molecule has 0 aromatic heterocycles. The van der Waals surface area contributed by atoms with E-state index in [0.29, 0.717) is 0 Å². The van der Waals surface area contributed by atoms with Crippen molar-refractivity contribution >= 4 is 11.8 Å². The summed E-state index contributed by atoms with van der Waals surface area (Å²) in [4.78, 5) is 0.